The molecule has 0 saturated heterocycles. The first-order chi connectivity index (χ1) is 9.51. The molecule has 2 N–H and O–H groups in total. The normalized spacial score (nSPS) is 27.6. The van der Waals surface area contributed by atoms with Gasteiger partial charge in [-0.2, -0.15) is 0 Å². The summed E-state index contributed by atoms with van der Waals surface area (Å²) >= 11 is 0. The standard InChI is InChI=1S/C14H15NO5/c1-20-14-6-2-3-9(14)13-8(7-12(14)15(18)19)10(16)4-5-11(13)17/h4-5,7,9,16-17H,2-3,6H2,1H3/t9-,14+/m1/s1. The number of ether oxygens (including phenoxy) is 1. The predicted molar refractivity (Wildman–Crippen MR) is 71.1 cm³/mol. The zero-order valence-electron chi connectivity index (χ0n) is 11.0. The molecule has 0 unspecified atom stereocenters. The van der Waals surface area contributed by atoms with Crippen LogP contribution < -0.4 is 0 Å². The molecule has 0 amide bonds. The molecule has 1 fully saturated rings. The molecule has 1 aromatic carbocycles. The molecule has 0 aliphatic heterocycles. The highest BCUT2D eigenvalue weighted by Crippen LogP contribution is 2.56. The van der Waals surface area contributed by atoms with E-state index in [1.807, 2.05) is 0 Å². The summed E-state index contributed by atoms with van der Waals surface area (Å²) in [5, 5.41) is 31.4. The average Bonchev–Trinajstić information content (AvgIpc) is 2.86. The van der Waals surface area contributed by atoms with Crippen LogP contribution in [0.25, 0.3) is 6.08 Å². The second-order valence-corrected chi connectivity index (χ2v) is 5.26. The minimum Gasteiger partial charge on any atom is -0.508 e. The van der Waals surface area contributed by atoms with E-state index >= 15 is 0 Å². The van der Waals surface area contributed by atoms with Crippen LogP contribution in [0.2, 0.25) is 0 Å². The number of nitro groups is 1. The Morgan fingerprint density at radius 1 is 1.40 bits per heavy atom. The molecular weight excluding hydrogens is 262 g/mol. The highest BCUT2D eigenvalue weighted by Gasteiger charge is 2.56. The van der Waals surface area contributed by atoms with Crippen molar-refractivity contribution in [2.45, 2.75) is 30.8 Å². The fourth-order valence-electron chi connectivity index (χ4n) is 3.61. The fraction of sp³-hybridized carbons (Fsp3) is 0.429. The summed E-state index contributed by atoms with van der Waals surface area (Å²) in [5.74, 6) is -0.321. The van der Waals surface area contributed by atoms with Gasteiger partial charge in [0.25, 0.3) is 5.70 Å². The number of fused-ring (bicyclic) bond motifs is 3. The minimum absolute atomic E-state index is 0.0455. The van der Waals surface area contributed by atoms with Gasteiger partial charge in [0.2, 0.25) is 0 Å². The van der Waals surface area contributed by atoms with Crippen LogP contribution in [0.4, 0.5) is 0 Å². The molecule has 0 aromatic heterocycles. The van der Waals surface area contributed by atoms with Crippen LogP contribution in [0.15, 0.2) is 17.8 Å². The lowest BCUT2D eigenvalue weighted by Crippen LogP contribution is -2.41. The van der Waals surface area contributed by atoms with E-state index in [2.05, 4.69) is 0 Å². The second kappa shape index (κ2) is 4.21. The third-order valence-corrected chi connectivity index (χ3v) is 4.47. The van der Waals surface area contributed by atoms with Crippen LogP contribution in [0.5, 0.6) is 11.5 Å². The van der Waals surface area contributed by atoms with Gasteiger partial charge in [-0.3, -0.25) is 10.1 Å². The van der Waals surface area contributed by atoms with Crippen molar-refractivity contribution in [3.8, 4) is 11.5 Å². The number of hydrogen-bond acceptors (Lipinski definition) is 5. The molecule has 0 radical (unpaired) electrons. The summed E-state index contributed by atoms with van der Waals surface area (Å²) in [7, 11) is 1.46. The van der Waals surface area contributed by atoms with Gasteiger partial charge in [-0.15, -0.1) is 0 Å². The van der Waals surface area contributed by atoms with Crippen molar-refractivity contribution >= 4 is 6.08 Å². The fourth-order valence-corrected chi connectivity index (χ4v) is 3.61. The highest BCUT2D eigenvalue weighted by atomic mass is 16.6. The van der Waals surface area contributed by atoms with Crippen molar-refractivity contribution in [3.63, 3.8) is 0 Å². The van der Waals surface area contributed by atoms with Gasteiger partial charge in [-0.1, -0.05) is 0 Å². The largest absolute Gasteiger partial charge is 0.508 e. The molecule has 2 aliphatic carbocycles. The van der Waals surface area contributed by atoms with E-state index in [1.165, 1.54) is 25.3 Å². The maximum Gasteiger partial charge on any atom is 0.279 e. The van der Waals surface area contributed by atoms with Gasteiger partial charge in [0, 0.05) is 30.2 Å². The number of rotatable bonds is 2. The Bertz CT molecular complexity index is 624. The van der Waals surface area contributed by atoms with Gasteiger partial charge >= 0.3 is 0 Å². The van der Waals surface area contributed by atoms with Crippen molar-refractivity contribution in [2.75, 3.05) is 7.11 Å². The van der Waals surface area contributed by atoms with Gasteiger partial charge in [0.1, 0.15) is 11.5 Å². The number of benzene rings is 1. The quantitative estimate of drug-likeness (QED) is 0.492. The summed E-state index contributed by atoms with van der Waals surface area (Å²) in [6, 6.07) is 2.76. The van der Waals surface area contributed by atoms with Crippen molar-refractivity contribution < 1.29 is 19.9 Å². The Labute approximate surface area is 115 Å². The Morgan fingerprint density at radius 3 is 2.75 bits per heavy atom. The molecule has 6 nitrogen and oxygen atoms in total. The summed E-state index contributed by atoms with van der Waals surface area (Å²) in [5.41, 5.74) is -0.177. The van der Waals surface area contributed by atoms with E-state index < -0.39 is 10.5 Å². The highest BCUT2D eigenvalue weighted by molar-refractivity contribution is 5.71. The second-order valence-electron chi connectivity index (χ2n) is 5.26. The zero-order valence-corrected chi connectivity index (χ0v) is 11.0. The van der Waals surface area contributed by atoms with E-state index in [4.69, 9.17) is 4.74 Å². The van der Waals surface area contributed by atoms with Crippen LogP contribution in [0.3, 0.4) is 0 Å². The lowest BCUT2D eigenvalue weighted by Gasteiger charge is -2.35. The molecule has 20 heavy (non-hydrogen) atoms. The molecule has 3 rings (SSSR count). The molecule has 1 saturated carbocycles. The Balaban J connectivity index is 2.33. The van der Waals surface area contributed by atoms with Gasteiger partial charge < -0.3 is 14.9 Å². The Morgan fingerprint density at radius 2 is 2.10 bits per heavy atom. The number of hydrogen-bond donors (Lipinski definition) is 2. The van der Waals surface area contributed by atoms with E-state index in [1.54, 1.807) is 0 Å². The summed E-state index contributed by atoms with van der Waals surface area (Å²) in [6.45, 7) is 0. The molecule has 0 spiro atoms. The molecule has 2 atom stereocenters. The van der Waals surface area contributed by atoms with Crippen LogP contribution >= 0.6 is 0 Å². The number of aromatic hydroxyl groups is 2. The van der Waals surface area contributed by atoms with Gasteiger partial charge in [0.15, 0.2) is 5.60 Å². The van der Waals surface area contributed by atoms with Crippen molar-refractivity contribution in [3.05, 3.63) is 39.1 Å². The Hall–Kier alpha value is -2.08. The molecule has 0 heterocycles. The smallest absolute Gasteiger partial charge is 0.279 e. The first-order valence-corrected chi connectivity index (χ1v) is 6.48. The predicted octanol–water partition coefficient (Wildman–Crippen LogP) is 2.38. The zero-order chi connectivity index (χ0) is 14.5. The maximum atomic E-state index is 11.4. The Kier molecular flexibility index (Phi) is 2.72. The number of nitrogens with zero attached hydrogens (tertiary/aromatic N) is 1. The van der Waals surface area contributed by atoms with Gasteiger partial charge in [-0.25, -0.2) is 0 Å². The van der Waals surface area contributed by atoms with Crippen molar-refractivity contribution in [1.82, 2.24) is 0 Å². The molecule has 1 aromatic rings. The number of phenols is 2. The van der Waals surface area contributed by atoms with Crippen LogP contribution in [0, 0.1) is 10.1 Å². The minimum atomic E-state index is -1.01. The number of phenolic OH excluding ortho intramolecular Hbond substituents is 2. The third-order valence-electron chi connectivity index (χ3n) is 4.47. The third kappa shape index (κ3) is 1.48. The summed E-state index contributed by atoms with van der Waals surface area (Å²) in [4.78, 5) is 10.9. The molecule has 2 aliphatic rings. The SMILES string of the molecule is CO[C@@]12CCC[C@@H]1c1c(O)ccc(O)c1C=C2[N+](=O)[O-]. The average molecular weight is 277 g/mol. The van der Waals surface area contributed by atoms with Crippen molar-refractivity contribution in [2.24, 2.45) is 0 Å². The summed E-state index contributed by atoms with van der Waals surface area (Å²) in [6.07, 6.45) is 3.33. The lowest BCUT2D eigenvalue weighted by molar-refractivity contribution is -0.444. The molecule has 6 heteroatoms. The van der Waals surface area contributed by atoms with E-state index in [-0.39, 0.29) is 23.1 Å². The monoisotopic (exact) mass is 277 g/mol. The first kappa shape index (κ1) is 12.9. The van der Waals surface area contributed by atoms with Gasteiger partial charge in [0.05, 0.1) is 4.92 Å². The maximum absolute atomic E-state index is 11.4. The van der Waals surface area contributed by atoms with E-state index in [9.17, 15) is 20.3 Å². The summed E-state index contributed by atoms with van der Waals surface area (Å²) < 4.78 is 5.53. The van der Waals surface area contributed by atoms with Crippen molar-refractivity contribution in [1.29, 1.82) is 0 Å². The topological polar surface area (TPSA) is 92.8 Å². The molecular formula is C14H15NO5. The van der Waals surface area contributed by atoms with E-state index in [0.29, 0.717) is 24.0 Å². The van der Waals surface area contributed by atoms with Crippen LogP contribution in [0.1, 0.15) is 36.3 Å². The number of methoxy groups -OCH3 is 1. The van der Waals surface area contributed by atoms with Gasteiger partial charge in [-0.05, 0) is 31.4 Å². The molecule has 0 bridgehead atoms. The van der Waals surface area contributed by atoms with E-state index in [0.717, 1.165) is 6.42 Å². The van der Waals surface area contributed by atoms with Crippen LogP contribution in [-0.4, -0.2) is 27.8 Å². The lowest BCUT2D eigenvalue weighted by atomic mass is 9.75. The molecule has 106 valence electrons. The first-order valence-electron chi connectivity index (χ1n) is 6.48. The van der Waals surface area contributed by atoms with Crippen LogP contribution in [-0.2, 0) is 4.74 Å².